The van der Waals surface area contributed by atoms with Crippen molar-refractivity contribution >= 4 is 17.9 Å². The van der Waals surface area contributed by atoms with Gasteiger partial charge >= 0.3 is 12.2 Å². The molecular weight excluding hydrogens is 363 g/mol. The molecule has 28 heavy (non-hydrogen) atoms. The highest BCUT2D eigenvalue weighted by molar-refractivity contribution is 5.85. The lowest BCUT2D eigenvalue weighted by molar-refractivity contribution is 0.00946. The van der Waals surface area contributed by atoms with Crippen molar-refractivity contribution in [1.82, 2.24) is 4.90 Å². The molecular formula is C21H31FN2O4. The summed E-state index contributed by atoms with van der Waals surface area (Å²) in [6.07, 6.45) is 1.46. The number of piperidine rings is 1. The van der Waals surface area contributed by atoms with E-state index in [4.69, 9.17) is 9.47 Å². The number of halogens is 1. The van der Waals surface area contributed by atoms with Crippen LogP contribution in [0.4, 0.5) is 19.7 Å². The number of nitrogens with one attached hydrogen (secondary N) is 1. The number of carbonyl (C=O) groups excluding carboxylic acids is 2. The monoisotopic (exact) mass is 394 g/mol. The Kier molecular flexibility index (Phi) is 6.57. The van der Waals surface area contributed by atoms with Gasteiger partial charge in [0.1, 0.15) is 17.0 Å². The standard InChI is InChI=1S/C21H31FN2O4/c1-20(2,3)27-18(25)23-16-11-10-14(13-15(16)22)17-9-7-8-12-24(17)19(26)28-21(4,5)6/h10-11,13,17H,7-9,12H2,1-6H3,(H,23,25). The van der Waals surface area contributed by atoms with Crippen LogP contribution in [0.25, 0.3) is 0 Å². The van der Waals surface area contributed by atoms with E-state index in [1.807, 2.05) is 20.8 Å². The molecule has 0 bridgehead atoms. The zero-order chi connectivity index (χ0) is 21.1. The van der Waals surface area contributed by atoms with E-state index in [1.165, 1.54) is 12.1 Å². The van der Waals surface area contributed by atoms with Crippen LogP contribution in [0.5, 0.6) is 0 Å². The predicted octanol–water partition coefficient (Wildman–Crippen LogP) is 5.63. The van der Waals surface area contributed by atoms with E-state index in [-0.39, 0.29) is 11.7 Å². The summed E-state index contributed by atoms with van der Waals surface area (Å²) in [5.41, 5.74) is -0.544. The minimum absolute atomic E-state index is 0.0395. The summed E-state index contributed by atoms with van der Waals surface area (Å²) < 4.78 is 25.2. The normalized spacial score (nSPS) is 17.8. The number of nitrogens with zero attached hydrogens (tertiary/aromatic N) is 1. The van der Waals surface area contributed by atoms with E-state index in [0.717, 1.165) is 19.3 Å². The SMILES string of the molecule is CC(C)(C)OC(=O)Nc1ccc(C2CCCCN2C(=O)OC(C)(C)C)cc1F. The maximum Gasteiger partial charge on any atom is 0.412 e. The molecule has 1 aromatic carbocycles. The van der Waals surface area contributed by atoms with E-state index in [2.05, 4.69) is 5.32 Å². The third kappa shape index (κ3) is 6.39. The molecule has 7 heteroatoms. The van der Waals surface area contributed by atoms with Crippen LogP contribution in [0.2, 0.25) is 0 Å². The summed E-state index contributed by atoms with van der Waals surface area (Å²) in [7, 11) is 0. The van der Waals surface area contributed by atoms with Gasteiger partial charge < -0.3 is 14.4 Å². The zero-order valence-corrected chi connectivity index (χ0v) is 17.6. The fourth-order valence-corrected chi connectivity index (χ4v) is 3.07. The van der Waals surface area contributed by atoms with Crippen LogP contribution in [-0.4, -0.2) is 34.8 Å². The quantitative estimate of drug-likeness (QED) is 0.705. The van der Waals surface area contributed by atoms with Crippen LogP contribution in [-0.2, 0) is 9.47 Å². The van der Waals surface area contributed by atoms with Crippen molar-refractivity contribution in [2.45, 2.75) is 78.0 Å². The number of rotatable bonds is 2. The number of hydrogen-bond donors (Lipinski definition) is 1. The van der Waals surface area contributed by atoms with Gasteiger partial charge in [-0.05, 0) is 78.5 Å². The Morgan fingerprint density at radius 2 is 1.71 bits per heavy atom. The summed E-state index contributed by atoms with van der Waals surface area (Å²) in [5.74, 6) is -0.571. The molecule has 6 nitrogen and oxygen atoms in total. The number of ether oxygens (including phenoxy) is 2. The molecule has 1 unspecified atom stereocenters. The van der Waals surface area contributed by atoms with Crippen LogP contribution in [0.3, 0.4) is 0 Å². The van der Waals surface area contributed by atoms with Gasteiger partial charge in [-0.15, -0.1) is 0 Å². The van der Waals surface area contributed by atoms with E-state index >= 15 is 0 Å². The highest BCUT2D eigenvalue weighted by Gasteiger charge is 2.32. The van der Waals surface area contributed by atoms with Crippen LogP contribution < -0.4 is 5.32 Å². The lowest BCUT2D eigenvalue weighted by atomic mass is 9.95. The largest absolute Gasteiger partial charge is 0.444 e. The summed E-state index contributed by atoms with van der Waals surface area (Å²) in [4.78, 5) is 26.1. The van der Waals surface area contributed by atoms with Gasteiger partial charge in [0.2, 0.25) is 0 Å². The average Bonchev–Trinajstić information content (AvgIpc) is 2.53. The number of carbonyl (C=O) groups is 2. The molecule has 0 saturated carbocycles. The van der Waals surface area contributed by atoms with Gasteiger partial charge in [-0.2, -0.15) is 0 Å². The third-order valence-electron chi connectivity index (χ3n) is 4.14. The smallest absolute Gasteiger partial charge is 0.412 e. The van der Waals surface area contributed by atoms with E-state index in [1.54, 1.807) is 31.7 Å². The first-order chi connectivity index (χ1) is 12.9. The molecule has 156 valence electrons. The molecule has 0 aromatic heterocycles. The van der Waals surface area contributed by atoms with Crippen LogP contribution >= 0.6 is 0 Å². The van der Waals surface area contributed by atoms with Gasteiger partial charge in [0, 0.05) is 6.54 Å². The van der Waals surface area contributed by atoms with Crippen molar-refractivity contribution < 1.29 is 23.5 Å². The summed E-state index contributed by atoms with van der Waals surface area (Å²) in [5, 5.41) is 2.42. The van der Waals surface area contributed by atoms with Crippen molar-refractivity contribution in [3.63, 3.8) is 0 Å². The van der Waals surface area contributed by atoms with Crippen molar-refractivity contribution in [2.75, 3.05) is 11.9 Å². The van der Waals surface area contributed by atoms with Crippen LogP contribution in [0, 0.1) is 5.82 Å². The third-order valence-corrected chi connectivity index (χ3v) is 4.14. The highest BCUT2D eigenvalue weighted by Crippen LogP contribution is 2.33. The summed E-state index contributed by atoms with van der Waals surface area (Å²) in [6, 6.07) is 4.33. The number of benzene rings is 1. The van der Waals surface area contributed by atoms with Crippen molar-refractivity contribution in [2.24, 2.45) is 0 Å². The molecule has 1 atom stereocenters. The molecule has 1 aliphatic heterocycles. The minimum Gasteiger partial charge on any atom is -0.444 e. The van der Waals surface area contributed by atoms with Gasteiger partial charge in [-0.3, -0.25) is 5.32 Å². The Hall–Kier alpha value is -2.31. The van der Waals surface area contributed by atoms with Gasteiger partial charge in [-0.25, -0.2) is 14.0 Å². The summed E-state index contributed by atoms with van der Waals surface area (Å²) >= 11 is 0. The van der Waals surface area contributed by atoms with Gasteiger partial charge in [-0.1, -0.05) is 6.07 Å². The Balaban J connectivity index is 2.16. The second-order valence-corrected chi connectivity index (χ2v) is 9.05. The van der Waals surface area contributed by atoms with Gasteiger partial charge in [0.05, 0.1) is 11.7 Å². The predicted molar refractivity (Wildman–Crippen MR) is 106 cm³/mol. The molecule has 1 saturated heterocycles. The topological polar surface area (TPSA) is 67.9 Å². The second kappa shape index (κ2) is 8.37. The number of hydrogen-bond acceptors (Lipinski definition) is 4. The first-order valence-electron chi connectivity index (χ1n) is 9.65. The molecule has 1 fully saturated rings. The second-order valence-electron chi connectivity index (χ2n) is 9.05. The van der Waals surface area contributed by atoms with E-state index in [9.17, 15) is 14.0 Å². The molecule has 1 heterocycles. The van der Waals surface area contributed by atoms with E-state index < -0.39 is 29.2 Å². The molecule has 1 N–H and O–H groups in total. The number of amides is 2. The minimum atomic E-state index is -0.716. The fourth-order valence-electron chi connectivity index (χ4n) is 3.07. The molecule has 1 aromatic rings. The number of anilines is 1. The molecule has 2 rings (SSSR count). The van der Waals surface area contributed by atoms with Crippen LogP contribution in [0.15, 0.2) is 18.2 Å². The lowest BCUT2D eigenvalue weighted by Gasteiger charge is -2.37. The number of likely N-dealkylation sites (tertiary alicyclic amines) is 1. The molecule has 0 radical (unpaired) electrons. The molecule has 0 spiro atoms. The van der Waals surface area contributed by atoms with Crippen LogP contribution in [0.1, 0.15) is 72.4 Å². The van der Waals surface area contributed by atoms with Crippen molar-refractivity contribution in [3.05, 3.63) is 29.6 Å². The first kappa shape index (κ1) is 22.0. The van der Waals surface area contributed by atoms with Gasteiger partial charge in [0.25, 0.3) is 0 Å². The Morgan fingerprint density at radius 3 is 2.29 bits per heavy atom. The van der Waals surface area contributed by atoms with Crippen molar-refractivity contribution in [1.29, 1.82) is 0 Å². The lowest BCUT2D eigenvalue weighted by Crippen LogP contribution is -2.41. The molecule has 0 aliphatic carbocycles. The Labute approximate surface area is 166 Å². The average molecular weight is 394 g/mol. The first-order valence-corrected chi connectivity index (χ1v) is 9.65. The Morgan fingerprint density at radius 1 is 1.07 bits per heavy atom. The van der Waals surface area contributed by atoms with Crippen molar-refractivity contribution in [3.8, 4) is 0 Å². The summed E-state index contributed by atoms with van der Waals surface area (Å²) in [6.45, 7) is 11.2. The maximum absolute atomic E-state index is 14.6. The molecule has 1 aliphatic rings. The molecule has 2 amide bonds. The highest BCUT2D eigenvalue weighted by atomic mass is 19.1. The van der Waals surface area contributed by atoms with Gasteiger partial charge in [0.15, 0.2) is 0 Å². The zero-order valence-electron chi connectivity index (χ0n) is 17.6. The van der Waals surface area contributed by atoms with E-state index in [0.29, 0.717) is 12.1 Å². The Bertz CT molecular complexity index is 722. The fraction of sp³-hybridized carbons (Fsp3) is 0.619. The maximum atomic E-state index is 14.6.